The highest BCUT2D eigenvalue weighted by molar-refractivity contribution is 4.95. The average molecular weight is 140 g/mol. The molecule has 2 aliphatic rings. The molecule has 0 radical (unpaired) electrons. The molecule has 10 heavy (non-hydrogen) atoms. The van der Waals surface area contributed by atoms with Crippen LogP contribution in [-0.4, -0.2) is 11.2 Å². The standard InChI is InChI=1S/C9H16O/c1-9-5-4-7(6-9)2-3-8(9)10/h7-8,10H,2-6H2,1H3. The number of hydrogen-bond donors (Lipinski definition) is 1. The summed E-state index contributed by atoms with van der Waals surface area (Å²) in [5.74, 6) is 0.952. The quantitative estimate of drug-likeness (QED) is 0.545. The lowest BCUT2D eigenvalue weighted by molar-refractivity contribution is 0.0115. The number of aliphatic hydroxyl groups is 1. The van der Waals surface area contributed by atoms with E-state index in [1.54, 1.807) is 0 Å². The molecule has 2 aliphatic carbocycles. The highest BCUT2D eigenvalue weighted by Crippen LogP contribution is 2.50. The zero-order chi connectivity index (χ0) is 7.19. The van der Waals surface area contributed by atoms with Crippen LogP contribution in [-0.2, 0) is 0 Å². The molecule has 3 atom stereocenters. The van der Waals surface area contributed by atoms with E-state index in [-0.39, 0.29) is 6.10 Å². The second-order valence-electron chi connectivity index (χ2n) is 4.36. The molecule has 2 bridgehead atoms. The van der Waals surface area contributed by atoms with E-state index in [1.807, 2.05) is 0 Å². The molecule has 0 aromatic rings. The van der Waals surface area contributed by atoms with Crippen LogP contribution in [0.3, 0.4) is 0 Å². The van der Waals surface area contributed by atoms with Crippen molar-refractivity contribution in [3.8, 4) is 0 Å². The maximum absolute atomic E-state index is 9.65. The SMILES string of the molecule is CC12CCC(CCC1O)C2. The van der Waals surface area contributed by atoms with Gasteiger partial charge in [0.2, 0.25) is 0 Å². The van der Waals surface area contributed by atoms with Crippen LogP contribution in [0.2, 0.25) is 0 Å². The van der Waals surface area contributed by atoms with Crippen LogP contribution in [0, 0.1) is 11.3 Å². The summed E-state index contributed by atoms with van der Waals surface area (Å²) in [5, 5.41) is 9.65. The Balaban J connectivity index is 2.17. The number of rotatable bonds is 0. The van der Waals surface area contributed by atoms with Gasteiger partial charge in [0.25, 0.3) is 0 Å². The summed E-state index contributed by atoms with van der Waals surface area (Å²) in [5.41, 5.74) is 0.308. The van der Waals surface area contributed by atoms with Crippen molar-refractivity contribution in [1.82, 2.24) is 0 Å². The van der Waals surface area contributed by atoms with Crippen molar-refractivity contribution in [3.63, 3.8) is 0 Å². The first-order valence-electron chi connectivity index (χ1n) is 4.39. The molecule has 0 aliphatic heterocycles. The highest BCUT2D eigenvalue weighted by Gasteiger charge is 2.44. The van der Waals surface area contributed by atoms with Gasteiger partial charge in [0.1, 0.15) is 0 Å². The molecule has 2 fully saturated rings. The summed E-state index contributed by atoms with van der Waals surface area (Å²) in [6.07, 6.45) is 6.25. The fourth-order valence-electron chi connectivity index (χ4n) is 2.69. The molecule has 0 aromatic heterocycles. The van der Waals surface area contributed by atoms with E-state index in [1.165, 1.54) is 25.7 Å². The van der Waals surface area contributed by atoms with E-state index >= 15 is 0 Å². The Morgan fingerprint density at radius 2 is 2.10 bits per heavy atom. The molecule has 0 saturated heterocycles. The van der Waals surface area contributed by atoms with E-state index in [9.17, 15) is 5.11 Å². The van der Waals surface area contributed by atoms with Gasteiger partial charge >= 0.3 is 0 Å². The van der Waals surface area contributed by atoms with Crippen molar-refractivity contribution >= 4 is 0 Å². The van der Waals surface area contributed by atoms with Crippen molar-refractivity contribution < 1.29 is 5.11 Å². The van der Waals surface area contributed by atoms with Gasteiger partial charge in [-0.3, -0.25) is 0 Å². The van der Waals surface area contributed by atoms with Crippen LogP contribution in [0.5, 0.6) is 0 Å². The van der Waals surface area contributed by atoms with E-state index < -0.39 is 0 Å². The molecule has 0 aromatic carbocycles. The molecule has 0 amide bonds. The van der Waals surface area contributed by atoms with E-state index in [2.05, 4.69) is 6.92 Å². The molecule has 3 unspecified atom stereocenters. The van der Waals surface area contributed by atoms with Gasteiger partial charge in [-0.05, 0) is 43.4 Å². The first-order chi connectivity index (χ1) is 4.71. The Hall–Kier alpha value is -0.0400. The Bertz CT molecular complexity index is 142. The molecule has 2 saturated carbocycles. The zero-order valence-electron chi connectivity index (χ0n) is 6.64. The third-order valence-electron chi connectivity index (χ3n) is 3.53. The van der Waals surface area contributed by atoms with Crippen molar-refractivity contribution in [3.05, 3.63) is 0 Å². The van der Waals surface area contributed by atoms with Crippen LogP contribution in [0.15, 0.2) is 0 Å². The lowest BCUT2D eigenvalue weighted by atomic mass is 9.75. The minimum absolute atomic E-state index is 0.00579. The monoisotopic (exact) mass is 140 g/mol. The summed E-state index contributed by atoms with van der Waals surface area (Å²) in [4.78, 5) is 0. The normalized spacial score (nSPS) is 53.4. The van der Waals surface area contributed by atoms with Crippen molar-refractivity contribution in [2.75, 3.05) is 0 Å². The Morgan fingerprint density at radius 3 is 2.80 bits per heavy atom. The fourth-order valence-corrected chi connectivity index (χ4v) is 2.69. The summed E-state index contributed by atoms with van der Waals surface area (Å²) in [6.45, 7) is 2.25. The van der Waals surface area contributed by atoms with E-state index in [0.29, 0.717) is 5.41 Å². The van der Waals surface area contributed by atoms with Gasteiger partial charge in [-0.15, -0.1) is 0 Å². The molecule has 0 spiro atoms. The summed E-state index contributed by atoms with van der Waals surface area (Å²) in [7, 11) is 0. The van der Waals surface area contributed by atoms with Gasteiger partial charge in [-0.1, -0.05) is 6.92 Å². The van der Waals surface area contributed by atoms with E-state index in [4.69, 9.17) is 0 Å². The zero-order valence-corrected chi connectivity index (χ0v) is 6.64. The Labute approximate surface area is 62.4 Å². The lowest BCUT2D eigenvalue weighted by Gasteiger charge is -2.34. The predicted molar refractivity (Wildman–Crippen MR) is 40.7 cm³/mol. The second-order valence-corrected chi connectivity index (χ2v) is 4.36. The maximum Gasteiger partial charge on any atom is 0.0594 e. The second kappa shape index (κ2) is 1.97. The van der Waals surface area contributed by atoms with Crippen LogP contribution in [0.1, 0.15) is 39.0 Å². The van der Waals surface area contributed by atoms with E-state index in [0.717, 1.165) is 12.3 Å². The van der Waals surface area contributed by atoms with Crippen LogP contribution in [0.4, 0.5) is 0 Å². The Kier molecular flexibility index (Phi) is 1.31. The largest absolute Gasteiger partial charge is 0.393 e. The molecule has 0 heterocycles. The predicted octanol–water partition coefficient (Wildman–Crippen LogP) is 1.95. The third kappa shape index (κ3) is 0.800. The van der Waals surface area contributed by atoms with Crippen molar-refractivity contribution in [2.24, 2.45) is 11.3 Å². The van der Waals surface area contributed by atoms with Gasteiger partial charge in [-0.25, -0.2) is 0 Å². The molecule has 1 nitrogen and oxygen atoms in total. The minimum atomic E-state index is 0.00579. The Morgan fingerprint density at radius 1 is 1.30 bits per heavy atom. The minimum Gasteiger partial charge on any atom is -0.393 e. The van der Waals surface area contributed by atoms with Gasteiger partial charge in [0.05, 0.1) is 6.10 Å². The molecular formula is C9H16O. The highest BCUT2D eigenvalue weighted by atomic mass is 16.3. The van der Waals surface area contributed by atoms with Crippen LogP contribution >= 0.6 is 0 Å². The molecular weight excluding hydrogens is 124 g/mol. The van der Waals surface area contributed by atoms with Crippen LogP contribution in [0.25, 0.3) is 0 Å². The summed E-state index contributed by atoms with van der Waals surface area (Å²) >= 11 is 0. The number of hydrogen-bond acceptors (Lipinski definition) is 1. The molecule has 58 valence electrons. The third-order valence-corrected chi connectivity index (χ3v) is 3.53. The lowest BCUT2D eigenvalue weighted by Crippen LogP contribution is -2.32. The molecule has 1 heteroatoms. The van der Waals surface area contributed by atoms with Crippen LogP contribution < -0.4 is 0 Å². The molecule has 1 N–H and O–H groups in total. The molecule has 2 rings (SSSR count). The summed E-state index contributed by atoms with van der Waals surface area (Å²) < 4.78 is 0. The van der Waals surface area contributed by atoms with Gasteiger partial charge in [0.15, 0.2) is 0 Å². The topological polar surface area (TPSA) is 20.2 Å². The fraction of sp³-hybridized carbons (Fsp3) is 1.00. The average Bonchev–Trinajstić information content (AvgIpc) is 2.22. The van der Waals surface area contributed by atoms with Gasteiger partial charge in [-0.2, -0.15) is 0 Å². The number of fused-ring (bicyclic) bond motifs is 2. The van der Waals surface area contributed by atoms with Crippen molar-refractivity contribution in [1.29, 1.82) is 0 Å². The van der Waals surface area contributed by atoms with Crippen molar-refractivity contribution in [2.45, 2.75) is 45.1 Å². The smallest absolute Gasteiger partial charge is 0.0594 e. The van der Waals surface area contributed by atoms with Gasteiger partial charge < -0.3 is 5.11 Å². The first kappa shape index (κ1) is 6.66. The first-order valence-corrected chi connectivity index (χ1v) is 4.39. The van der Waals surface area contributed by atoms with Gasteiger partial charge in [0, 0.05) is 0 Å². The maximum atomic E-state index is 9.65. The number of aliphatic hydroxyl groups excluding tert-OH is 1. The summed E-state index contributed by atoms with van der Waals surface area (Å²) in [6, 6.07) is 0.